The number of hydrogen-bond acceptors (Lipinski definition) is 2. The molecule has 0 spiro atoms. The number of nitrogens with zero attached hydrogens (tertiary/aromatic N) is 2. The zero-order valence-corrected chi connectivity index (χ0v) is 14.2. The maximum absolute atomic E-state index is 6.12. The fraction of sp³-hybridized carbons (Fsp3) is 0.133. The van der Waals surface area contributed by atoms with E-state index in [1.807, 2.05) is 41.0 Å². The molecule has 0 saturated heterocycles. The molecule has 0 amide bonds. The maximum Gasteiger partial charge on any atom is 0.142 e. The van der Waals surface area contributed by atoms with Gasteiger partial charge in [-0.3, -0.25) is 4.57 Å². The van der Waals surface area contributed by atoms with E-state index in [-0.39, 0.29) is 0 Å². The number of ether oxygens (including phenoxy) is 1. The smallest absolute Gasteiger partial charge is 0.142 e. The lowest BCUT2D eigenvalue weighted by Gasteiger charge is -2.13. The Hall–Kier alpha value is -1.23. The van der Waals surface area contributed by atoms with Gasteiger partial charge in [-0.1, -0.05) is 27.5 Å². The minimum atomic E-state index is 0.294. The molecule has 0 aliphatic rings. The van der Waals surface area contributed by atoms with E-state index in [2.05, 4.69) is 20.9 Å². The second-order valence-electron chi connectivity index (χ2n) is 4.45. The zero-order chi connectivity index (χ0) is 15.0. The largest absolute Gasteiger partial charge is 0.495 e. The van der Waals surface area contributed by atoms with Gasteiger partial charge in [-0.05, 0) is 36.4 Å². The summed E-state index contributed by atoms with van der Waals surface area (Å²) in [4.78, 5) is 4.56. The molecular formula is C15H11BrCl2N2O. The average molecular weight is 386 g/mol. The number of alkyl halides is 1. The lowest BCUT2D eigenvalue weighted by molar-refractivity contribution is 0.413. The quantitative estimate of drug-likeness (QED) is 0.580. The van der Waals surface area contributed by atoms with Gasteiger partial charge in [0.2, 0.25) is 0 Å². The van der Waals surface area contributed by atoms with Gasteiger partial charge < -0.3 is 4.74 Å². The highest BCUT2D eigenvalue weighted by Gasteiger charge is 2.15. The van der Waals surface area contributed by atoms with Crippen LogP contribution in [0.5, 0.6) is 5.75 Å². The molecule has 108 valence electrons. The van der Waals surface area contributed by atoms with Gasteiger partial charge in [-0.2, -0.15) is 0 Å². The first-order chi connectivity index (χ1) is 10.1. The van der Waals surface area contributed by atoms with Gasteiger partial charge in [0, 0.05) is 9.50 Å². The highest BCUT2D eigenvalue weighted by molar-refractivity contribution is 9.10. The molecule has 0 aliphatic carbocycles. The summed E-state index contributed by atoms with van der Waals surface area (Å²) >= 11 is 15.7. The van der Waals surface area contributed by atoms with Crippen molar-refractivity contribution in [1.29, 1.82) is 0 Å². The van der Waals surface area contributed by atoms with Crippen LogP contribution in [-0.4, -0.2) is 16.7 Å². The van der Waals surface area contributed by atoms with E-state index in [0.717, 1.165) is 32.8 Å². The van der Waals surface area contributed by atoms with Gasteiger partial charge in [0.05, 0.1) is 29.7 Å². The molecule has 1 aromatic heterocycles. The number of methoxy groups -OCH3 is 1. The fourth-order valence-corrected chi connectivity index (χ4v) is 2.99. The van der Waals surface area contributed by atoms with Crippen LogP contribution in [0.25, 0.3) is 16.7 Å². The van der Waals surface area contributed by atoms with Gasteiger partial charge >= 0.3 is 0 Å². The number of imidazole rings is 1. The van der Waals surface area contributed by atoms with Crippen molar-refractivity contribution in [2.75, 3.05) is 7.11 Å². The first kappa shape index (κ1) is 14.7. The minimum absolute atomic E-state index is 0.294. The summed E-state index contributed by atoms with van der Waals surface area (Å²) in [5.74, 6) is 1.77. The van der Waals surface area contributed by atoms with Crippen molar-refractivity contribution < 1.29 is 4.74 Å². The van der Waals surface area contributed by atoms with Crippen molar-refractivity contribution in [1.82, 2.24) is 9.55 Å². The van der Waals surface area contributed by atoms with Crippen LogP contribution in [0, 0.1) is 0 Å². The van der Waals surface area contributed by atoms with Gasteiger partial charge in [-0.25, -0.2) is 4.98 Å². The predicted molar refractivity (Wildman–Crippen MR) is 89.9 cm³/mol. The lowest BCUT2D eigenvalue weighted by Crippen LogP contribution is -2.02. The Labute approximate surface area is 140 Å². The molecule has 0 aliphatic heterocycles. The number of rotatable bonds is 3. The van der Waals surface area contributed by atoms with E-state index < -0.39 is 0 Å². The molecule has 0 radical (unpaired) electrons. The summed E-state index contributed by atoms with van der Waals surface area (Å²) in [5, 5.41) is 0.652. The third kappa shape index (κ3) is 2.63. The summed E-state index contributed by atoms with van der Waals surface area (Å²) in [6.45, 7) is 0. The maximum atomic E-state index is 6.12. The number of benzene rings is 2. The topological polar surface area (TPSA) is 27.1 Å². The predicted octanol–water partition coefficient (Wildman–Crippen LogP) is 5.19. The van der Waals surface area contributed by atoms with Crippen molar-refractivity contribution in [3.63, 3.8) is 0 Å². The Kier molecular flexibility index (Phi) is 4.11. The molecule has 0 unspecified atom stereocenters. The molecule has 0 atom stereocenters. The number of hydrogen-bond donors (Lipinski definition) is 0. The fourth-order valence-electron chi connectivity index (χ4n) is 2.29. The molecular weight excluding hydrogens is 375 g/mol. The van der Waals surface area contributed by atoms with E-state index in [9.17, 15) is 0 Å². The highest BCUT2D eigenvalue weighted by Crippen LogP contribution is 2.32. The van der Waals surface area contributed by atoms with Crippen LogP contribution < -0.4 is 4.74 Å². The zero-order valence-electron chi connectivity index (χ0n) is 11.1. The normalized spacial score (nSPS) is 11.0. The number of aromatic nitrogens is 2. The van der Waals surface area contributed by atoms with E-state index in [4.69, 9.17) is 27.9 Å². The van der Waals surface area contributed by atoms with E-state index in [1.54, 1.807) is 7.11 Å². The van der Waals surface area contributed by atoms with Crippen LogP contribution in [-0.2, 0) is 5.88 Å². The van der Waals surface area contributed by atoms with Crippen molar-refractivity contribution >= 4 is 50.2 Å². The molecule has 0 bridgehead atoms. The third-order valence-corrected chi connectivity index (χ3v) is 4.15. The van der Waals surface area contributed by atoms with Gasteiger partial charge in [0.1, 0.15) is 11.6 Å². The second-order valence-corrected chi connectivity index (χ2v) is 6.07. The molecule has 3 nitrogen and oxygen atoms in total. The van der Waals surface area contributed by atoms with Crippen LogP contribution in [0.1, 0.15) is 5.82 Å². The summed E-state index contributed by atoms with van der Waals surface area (Å²) in [5.41, 5.74) is 2.61. The molecule has 0 N–H and O–H groups in total. The first-order valence-corrected chi connectivity index (χ1v) is 7.91. The standard InChI is InChI=1S/C15H11BrCl2N2O/c1-21-14-5-2-9(16)6-13(14)20-12-7-10(18)3-4-11(12)19-15(20)8-17/h2-7H,8H2,1H3. The van der Waals surface area contributed by atoms with Crippen molar-refractivity contribution in [2.45, 2.75) is 5.88 Å². The van der Waals surface area contributed by atoms with Crippen LogP contribution in [0.3, 0.4) is 0 Å². The highest BCUT2D eigenvalue weighted by atomic mass is 79.9. The Morgan fingerprint density at radius 3 is 2.76 bits per heavy atom. The Balaban J connectivity index is 2.38. The molecule has 0 saturated carbocycles. The summed E-state index contributed by atoms with van der Waals surface area (Å²) in [7, 11) is 1.64. The molecule has 1 heterocycles. The Bertz CT molecular complexity index is 817. The van der Waals surface area contributed by atoms with Crippen molar-refractivity contribution in [3.05, 3.63) is 51.7 Å². The molecule has 3 aromatic rings. The SMILES string of the molecule is COc1ccc(Br)cc1-n1c(CCl)nc2ccc(Cl)cc21. The van der Waals surface area contributed by atoms with Crippen molar-refractivity contribution in [3.8, 4) is 11.4 Å². The monoisotopic (exact) mass is 384 g/mol. The summed E-state index contributed by atoms with van der Waals surface area (Å²) < 4.78 is 8.37. The molecule has 3 rings (SSSR count). The van der Waals surface area contributed by atoms with Crippen LogP contribution in [0.2, 0.25) is 5.02 Å². The number of halogens is 3. The second kappa shape index (κ2) is 5.87. The molecule has 6 heteroatoms. The Morgan fingerprint density at radius 1 is 1.24 bits per heavy atom. The van der Waals surface area contributed by atoms with Gasteiger partial charge in [0.15, 0.2) is 0 Å². The first-order valence-electron chi connectivity index (χ1n) is 6.21. The third-order valence-electron chi connectivity index (χ3n) is 3.19. The van der Waals surface area contributed by atoms with Gasteiger partial charge in [-0.15, -0.1) is 11.6 Å². The van der Waals surface area contributed by atoms with Crippen LogP contribution in [0.15, 0.2) is 40.9 Å². The van der Waals surface area contributed by atoms with E-state index in [0.29, 0.717) is 10.9 Å². The van der Waals surface area contributed by atoms with Crippen LogP contribution >= 0.6 is 39.1 Å². The molecule has 21 heavy (non-hydrogen) atoms. The van der Waals surface area contributed by atoms with E-state index in [1.165, 1.54) is 0 Å². The van der Waals surface area contributed by atoms with Crippen LogP contribution in [0.4, 0.5) is 0 Å². The van der Waals surface area contributed by atoms with Crippen molar-refractivity contribution in [2.24, 2.45) is 0 Å². The Morgan fingerprint density at radius 2 is 2.05 bits per heavy atom. The molecule has 2 aromatic carbocycles. The van der Waals surface area contributed by atoms with Gasteiger partial charge in [0.25, 0.3) is 0 Å². The number of fused-ring (bicyclic) bond motifs is 1. The summed E-state index contributed by atoms with van der Waals surface area (Å²) in [6, 6.07) is 11.4. The summed E-state index contributed by atoms with van der Waals surface area (Å²) in [6.07, 6.45) is 0. The average Bonchev–Trinajstić information content (AvgIpc) is 2.84. The van der Waals surface area contributed by atoms with E-state index >= 15 is 0 Å². The molecule has 0 fully saturated rings. The minimum Gasteiger partial charge on any atom is -0.495 e. The lowest BCUT2D eigenvalue weighted by atomic mass is 10.2.